The molecule has 0 aliphatic carbocycles. The van der Waals surface area contributed by atoms with Gasteiger partial charge in [-0.15, -0.1) is 0 Å². The molecule has 0 unspecified atom stereocenters. The average molecular weight is 202 g/mol. The summed E-state index contributed by atoms with van der Waals surface area (Å²) in [4.78, 5) is 14.9. The predicted molar refractivity (Wildman–Crippen MR) is 47.5 cm³/mol. The van der Waals surface area contributed by atoms with Gasteiger partial charge in [-0.25, -0.2) is 4.79 Å². The molecule has 0 N–H and O–H groups in total. The molecule has 13 heavy (non-hydrogen) atoms. The first-order chi connectivity index (χ1) is 6.27. The zero-order valence-electron chi connectivity index (χ0n) is 7.44. The standard InChI is InChI=1S/C7H10N2O3S/c1-3-11-7(10)6-8-5(4-13-2)9-12-6/h3-4H2,1-2H3. The maximum absolute atomic E-state index is 11.0. The van der Waals surface area contributed by atoms with Gasteiger partial charge in [0.25, 0.3) is 0 Å². The molecule has 0 fully saturated rings. The molecule has 1 rings (SSSR count). The van der Waals surface area contributed by atoms with Gasteiger partial charge in [0.1, 0.15) is 0 Å². The topological polar surface area (TPSA) is 65.2 Å². The van der Waals surface area contributed by atoms with Crippen LogP contribution in [0.5, 0.6) is 0 Å². The number of nitrogens with zero attached hydrogens (tertiary/aromatic N) is 2. The minimum Gasteiger partial charge on any atom is -0.459 e. The van der Waals surface area contributed by atoms with E-state index < -0.39 is 5.97 Å². The Bertz CT molecular complexity index is 287. The lowest BCUT2D eigenvalue weighted by Crippen LogP contribution is -2.04. The summed E-state index contributed by atoms with van der Waals surface area (Å²) in [6.07, 6.45) is 1.92. The summed E-state index contributed by atoms with van der Waals surface area (Å²) in [6, 6.07) is 0. The summed E-state index contributed by atoms with van der Waals surface area (Å²) >= 11 is 1.56. The number of ether oxygens (including phenoxy) is 1. The van der Waals surface area contributed by atoms with Gasteiger partial charge in [-0.3, -0.25) is 0 Å². The predicted octanol–water partition coefficient (Wildman–Crippen LogP) is 1.11. The Kier molecular flexibility index (Phi) is 3.75. The van der Waals surface area contributed by atoms with Crippen molar-refractivity contribution in [2.24, 2.45) is 0 Å². The van der Waals surface area contributed by atoms with Crippen LogP contribution in [-0.4, -0.2) is 29.0 Å². The van der Waals surface area contributed by atoms with Crippen molar-refractivity contribution >= 4 is 17.7 Å². The van der Waals surface area contributed by atoms with Gasteiger partial charge in [0.2, 0.25) is 0 Å². The van der Waals surface area contributed by atoms with Crippen LogP contribution in [0, 0.1) is 0 Å². The second kappa shape index (κ2) is 4.86. The van der Waals surface area contributed by atoms with Crippen molar-refractivity contribution < 1.29 is 14.1 Å². The van der Waals surface area contributed by atoms with E-state index in [4.69, 9.17) is 0 Å². The van der Waals surface area contributed by atoms with Gasteiger partial charge in [-0.05, 0) is 13.2 Å². The Morgan fingerprint density at radius 3 is 3.08 bits per heavy atom. The SMILES string of the molecule is CCOC(=O)c1nc(CSC)no1. The number of thioether (sulfide) groups is 1. The lowest BCUT2D eigenvalue weighted by molar-refractivity contribution is 0.0470. The quantitative estimate of drug-likeness (QED) is 0.681. The third-order valence-electron chi connectivity index (χ3n) is 1.19. The summed E-state index contributed by atoms with van der Waals surface area (Å²) in [5, 5.41) is 3.60. The van der Waals surface area contributed by atoms with Gasteiger partial charge in [-0.1, -0.05) is 5.16 Å². The molecule has 72 valence electrons. The first-order valence-corrected chi connectivity index (χ1v) is 5.16. The fourth-order valence-electron chi connectivity index (χ4n) is 0.717. The highest BCUT2D eigenvalue weighted by atomic mass is 32.2. The molecule has 5 nitrogen and oxygen atoms in total. The van der Waals surface area contributed by atoms with Crippen LogP contribution in [0.2, 0.25) is 0 Å². The van der Waals surface area contributed by atoms with Gasteiger partial charge < -0.3 is 9.26 Å². The zero-order chi connectivity index (χ0) is 9.68. The molecule has 1 aromatic rings. The molecule has 0 atom stereocenters. The highest BCUT2D eigenvalue weighted by Gasteiger charge is 2.15. The fraction of sp³-hybridized carbons (Fsp3) is 0.571. The Balaban J connectivity index is 2.62. The van der Waals surface area contributed by atoms with Crippen molar-refractivity contribution in [1.29, 1.82) is 0 Å². The van der Waals surface area contributed by atoms with Gasteiger partial charge in [0.05, 0.1) is 12.4 Å². The highest BCUT2D eigenvalue weighted by Crippen LogP contribution is 2.06. The molecule has 0 radical (unpaired) electrons. The van der Waals surface area contributed by atoms with Crippen molar-refractivity contribution in [2.75, 3.05) is 12.9 Å². The molecule has 0 aliphatic heterocycles. The molecule has 6 heteroatoms. The molecule has 0 aliphatic rings. The zero-order valence-corrected chi connectivity index (χ0v) is 8.26. The van der Waals surface area contributed by atoms with Crippen LogP contribution in [0.15, 0.2) is 4.52 Å². The fourth-order valence-corrected chi connectivity index (χ4v) is 1.09. The van der Waals surface area contributed by atoms with Crippen molar-refractivity contribution in [3.63, 3.8) is 0 Å². The van der Waals surface area contributed by atoms with Gasteiger partial charge >= 0.3 is 11.9 Å². The molecule has 1 heterocycles. The number of rotatable bonds is 4. The molecule has 0 spiro atoms. The first kappa shape index (κ1) is 10.0. The summed E-state index contributed by atoms with van der Waals surface area (Å²) in [7, 11) is 0. The Morgan fingerprint density at radius 1 is 1.69 bits per heavy atom. The number of carbonyl (C=O) groups excluding carboxylic acids is 1. The summed E-state index contributed by atoms with van der Waals surface area (Å²) < 4.78 is 9.36. The maximum atomic E-state index is 11.0. The van der Waals surface area contributed by atoms with Crippen LogP contribution in [0.3, 0.4) is 0 Å². The molecular weight excluding hydrogens is 192 g/mol. The highest BCUT2D eigenvalue weighted by molar-refractivity contribution is 7.97. The molecule has 1 aromatic heterocycles. The number of esters is 1. The molecule has 0 aromatic carbocycles. The molecule has 0 saturated heterocycles. The first-order valence-electron chi connectivity index (χ1n) is 3.76. The van der Waals surface area contributed by atoms with Crippen molar-refractivity contribution in [3.8, 4) is 0 Å². The number of hydrogen-bond donors (Lipinski definition) is 0. The van der Waals surface area contributed by atoms with Gasteiger partial charge in [0.15, 0.2) is 5.82 Å². The van der Waals surface area contributed by atoms with Crippen LogP contribution in [-0.2, 0) is 10.5 Å². The average Bonchev–Trinajstić information content (AvgIpc) is 2.54. The van der Waals surface area contributed by atoms with E-state index in [9.17, 15) is 4.79 Å². The lowest BCUT2D eigenvalue weighted by atomic mass is 10.6. The molecule has 0 bridgehead atoms. The van der Waals surface area contributed by atoms with Gasteiger partial charge in [-0.2, -0.15) is 16.7 Å². The third-order valence-corrected chi connectivity index (χ3v) is 1.74. The van der Waals surface area contributed by atoms with E-state index in [1.54, 1.807) is 18.7 Å². The largest absolute Gasteiger partial charge is 0.459 e. The van der Waals surface area contributed by atoms with Crippen LogP contribution in [0.4, 0.5) is 0 Å². The van der Waals surface area contributed by atoms with Crippen LogP contribution >= 0.6 is 11.8 Å². The second-order valence-electron chi connectivity index (χ2n) is 2.17. The number of hydrogen-bond acceptors (Lipinski definition) is 6. The molecular formula is C7H10N2O3S. The number of aromatic nitrogens is 2. The van der Waals surface area contributed by atoms with E-state index in [1.165, 1.54) is 0 Å². The van der Waals surface area contributed by atoms with Crippen molar-refractivity contribution in [2.45, 2.75) is 12.7 Å². The molecule has 0 saturated carbocycles. The molecule has 0 amide bonds. The normalized spacial score (nSPS) is 10.0. The summed E-state index contributed by atoms with van der Waals surface area (Å²) in [5.41, 5.74) is 0. The van der Waals surface area contributed by atoms with E-state index in [0.717, 1.165) is 0 Å². The summed E-state index contributed by atoms with van der Waals surface area (Å²) in [5.74, 6) is 0.493. The Labute approximate surface area is 79.8 Å². The summed E-state index contributed by atoms with van der Waals surface area (Å²) in [6.45, 7) is 2.02. The second-order valence-corrected chi connectivity index (χ2v) is 3.04. The smallest absolute Gasteiger partial charge is 0.397 e. The van der Waals surface area contributed by atoms with Crippen LogP contribution in [0.1, 0.15) is 23.4 Å². The van der Waals surface area contributed by atoms with E-state index >= 15 is 0 Å². The number of carbonyl (C=O) groups is 1. The Hall–Kier alpha value is -1.04. The van der Waals surface area contributed by atoms with E-state index in [0.29, 0.717) is 18.2 Å². The Morgan fingerprint density at radius 2 is 2.46 bits per heavy atom. The van der Waals surface area contributed by atoms with E-state index in [1.807, 2.05) is 6.26 Å². The van der Waals surface area contributed by atoms with Crippen LogP contribution < -0.4 is 0 Å². The third kappa shape index (κ3) is 2.73. The lowest BCUT2D eigenvalue weighted by Gasteiger charge is -1.93. The van der Waals surface area contributed by atoms with Crippen LogP contribution in [0.25, 0.3) is 0 Å². The maximum Gasteiger partial charge on any atom is 0.397 e. The van der Waals surface area contributed by atoms with Gasteiger partial charge in [0, 0.05) is 0 Å². The minimum atomic E-state index is -0.567. The van der Waals surface area contributed by atoms with E-state index in [-0.39, 0.29) is 5.89 Å². The van der Waals surface area contributed by atoms with Crippen molar-refractivity contribution in [3.05, 3.63) is 11.7 Å². The van der Waals surface area contributed by atoms with Crippen molar-refractivity contribution in [1.82, 2.24) is 10.1 Å². The minimum absolute atomic E-state index is 0.0779. The van der Waals surface area contributed by atoms with E-state index in [2.05, 4.69) is 19.4 Å². The monoisotopic (exact) mass is 202 g/mol.